The van der Waals surface area contributed by atoms with Crippen LogP contribution in [0.3, 0.4) is 0 Å². The summed E-state index contributed by atoms with van der Waals surface area (Å²) in [7, 11) is 0. The molecule has 0 fully saturated rings. The second-order valence-corrected chi connectivity index (χ2v) is 10.0. The van der Waals surface area contributed by atoms with Crippen LogP contribution in [-0.2, 0) is 4.79 Å². The molecule has 172 valence electrons. The molecule has 0 radical (unpaired) electrons. The molecule has 4 aromatic rings. The monoisotopic (exact) mass is 491 g/mol. The summed E-state index contributed by atoms with van der Waals surface area (Å²) in [6.45, 7) is 3.81. The second kappa shape index (κ2) is 10.1. The number of amides is 2. The molecule has 0 saturated heterocycles. The molecule has 0 spiro atoms. The maximum absolute atomic E-state index is 12.7. The number of fused-ring (bicyclic) bond motifs is 1. The van der Waals surface area contributed by atoms with E-state index in [9.17, 15) is 19.5 Å². The van der Waals surface area contributed by atoms with Crippen LogP contribution >= 0.6 is 23.1 Å². The van der Waals surface area contributed by atoms with Crippen molar-refractivity contribution in [1.29, 1.82) is 0 Å². The van der Waals surface area contributed by atoms with Gasteiger partial charge in [-0.25, -0.2) is 9.78 Å². The molecule has 3 N–H and O–H groups in total. The lowest BCUT2D eigenvalue weighted by atomic mass is 10.1. The van der Waals surface area contributed by atoms with Crippen LogP contribution in [-0.4, -0.2) is 33.1 Å². The fourth-order valence-corrected chi connectivity index (χ4v) is 5.16. The first-order valence-electron chi connectivity index (χ1n) is 10.4. The molecule has 7 nitrogen and oxygen atoms in total. The lowest BCUT2D eigenvalue weighted by Crippen LogP contribution is -2.22. The molecule has 1 aromatic heterocycles. The first kappa shape index (κ1) is 23.5. The van der Waals surface area contributed by atoms with E-state index >= 15 is 0 Å². The maximum Gasteiger partial charge on any atom is 0.336 e. The molecule has 0 aliphatic rings. The van der Waals surface area contributed by atoms with E-state index in [1.165, 1.54) is 35.2 Å². The van der Waals surface area contributed by atoms with E-state index in [0.717, 1.165) is 20.7 Å². The van der Waals surface area contributed by atoms with Crippen molar-refractivity contribution in [2.24, 2.45) is 0 Å². The topological polar surface area (TPSA) is 108 Å². The molecule has 1 unspecified atom stereocenters. The molecule has 0 saturated carbocycles. The number of nitrogens with one attached hydrogen (secondary N) is 2. The number of hydrogen-bond donors (Lipinski definition) is 3. The van der Waals surface area contributed by atoms with E-state index in [0.29, 0.717) is 10.8 Å². The largest absolute Gasteiger partial charge is 0.478 e. The average molecular weight is 492 g/mol. The Labute approximate surface area is 204 Å². The zero-order chi connectivity index (χ0) is 24.2. The van der Waals surface area contributed by atoms with Crippen molar-refractivity contribution in [1.82, 2.24) is 4.98 Å². The van der Waals surface area contributed by atoms with E-state index < -0.39 is 17.1 Å². The van der Waals surface area contributed by atoms with Gasteiger partial charge in [-0.3, -0.25) is 9.59 Å². The fourth-order valence-electron chi connectivity index (χ4n) is 3.26. The number of aryl methyl sites for hydroxylation is 1. The highest BCUT2D eigenvalue weighted by Crippen LogP contribution is 2.30. The van der Waals surface area contributed by atoms with Crippen molar-refractivity contribution in [3.63, 3.8) is 0 Å². The highest BCUT2D eigenvalue weighted by Gasteiger charge is 2.18. The fraction of sp³-hybridized carbons (Fsp3) is 0.120. The third kappa shape index (κ3) is 5.44. The minimum atomic E-state index is -1.17. The minimum absolute atomic E-state index is 0.0687. The summed E-state index contributed by atoms with van der Waals surface area (Å²) in [5.41, 5.74) is 2.49. The molecular weight excluding hydrogens is 470 g/mol. The molecule has 0 bridgehead atoms. The number of thioether (sulfide) groups is 1. The van der Waals surface area contributed by atoms with Crippen LogP contribution in [0.2, 0.25) is 0 Å². The lowest BCUT2D eigenvalue weighted by molar-refractivity contribution is -0.115. The quantitative estimate of drug-likeness (QED) is 0.287. The van der Waals surface area contributed by atoms with Gasteiger partial charge in [-0.05, 0) is 61.9 Å². The molecule has 9 heteroatoms. The minimum Gasteiger partial charge on any atom is -0.478 e. The van der Waals surface area contributed by atoms with Crippen LogP contribution in [0.1, 0.15) is 33.2 Å². The van der Waals surface area contributed by atoms with Crippen molar-refractivity contribution >= 4 is 61.9 Å². The van der Waals surface area contributed by atoms with Crippen molar-refractivity contribution in [3.05, 3.63) is 83.4 Å². The van der Waals surface area contributed by atoms with E-state index in [-0.39, 0.29) is 17.0 Å². The summed E-state index contributed by atoms with van der Waals surface area (Å²) < 4.78 is 1.02. The second-order valence-electron chi connectivity index (χ2n) is 7.57. The number of carboxylic acid groups (broad SMARTS) is 1. The van der Waals surface area contributed by atoms with Crippen LogP contribution < -0.4 is 10.6 Å². The van der Waals surface area contributed by atoms with Crippen LogP contribution in [0.15, 0.2) is 71.6 Å². The summed E-state index contributed by atoms with van der Waals surface area (Å²) in [6, 6.07) is 19.0. The molecule has 34 heavy (non-hydrogen) atoms. The predicted molar refractivity (Wildman–Crippen MR) is 136 cm³/mol. The van der Waals surface area contributed by atoms with E-state index in [4.69, 9.17) is 0 Å². The highest BCUT2D eigenvalue weighted by atomic mass is 32.2. The van der Waals surface area contributed by atoms with Gasteiger partial charge in [0.2, 0.25) is 5.91 Å². The first-order valence-corrected chi connectivity index (χ1v) is 12.1. The van der Waals surface area contributed by atoms with Gasteiger partial charge >= 0.3 is 5.97 Å². The highest BCUT2D eigenvalue weighted by molar-refractivity contribution is 8.00. The van der Waals surface area contributed by atoms with Crippen molar-refractivity contribution in [3.8, 4) is 0 Å². The number of anilines is 2. The third-order valence-electron chi connectivity index (χ3n) is 4.95. The number of aromatic nitrogens is 1. The molecule has 1 heterocycles. The van der Waals surface area contributed by atoms with Gasteiger partial charge in [0.15, 0.2) is 5.13 Å². The van der Waals surface area contributed by atoms with Crippen molar-refractivity contribution < 1.29 is 19.5 Å². The standard InChI is InChI=1S/C25H21N3O4S2/c1-14-10-11-20-21(12-14)34-25(27-20)28-22(29)15(2)33-17-7-5-6-16(13-17)26-23(30)18-8-3-4-9-19(18)24(31)32/h3-13,15H,1-2H3,(H,26,30)(H,31,32)(H,27,28,29). The van der Waals surface area contributed by atoms with E-state index in [2.05, 4.69) is 15.6 Å². The first-order chi connectivity index (χ1) is 16.3. The Kier molecular flexibility index (Phi) is 6.95. The summed E-state index contributed by atoms with van der Waals surface area (Å²) >= 11 is 2.78. The van der Waals surface area contributed by atoms with Gasteiger partial charge in [-0.2, -0.15) is 0 Å². The summed E-state index contributed by atoms with van der Waals surface area (Å²) in [5, 5.41) is 15.1. The Balaban J connectivity index is 1.41. The number of aromatic carboxylic acids is 1. The Morgan fingerprint density at radius 3 is 2.50 bits per heavy atom. The normalized spacial score (nSPS) is 11.7. The van der Waals surface area contributed by atoms with Crippen molar-refractivity contribution in [2.75, 3.05) is 10.6 Å². The zero-order valence-electron chi connectivity index (χ0n) is 18.4. The number of hydrogen-bond acceptors (Lipinski definition) is 6. The number of nitrogens with zero attached hydrogens (tertiary/aromatic N) is 1. The van der Waals surface area contributed by atoms with Crippen molar-refractivity contribution in [2.45, 2.75) is 24.0 Å². The molecule has 0 aliphatic carbocycles. The van der Waals surface area contributed by atoms with E-state index in [1.54, 1.807) is 37.3 Å². The lowest BCUT2D eigenvalue weighted by Gasteiger charge is -2.12. The van der Waals surface area contributed by atoms with Gasteiger partial charge in [0.1, 0.15) is 0 Å². The Bertz CT molecular complexity index is 1400. The smallest absolute Gasteiger partial charge is 0.336 e. The predicted octanol–water partition coefficient (Wildman–Crippen LogP) is 5.67. The number of rotatable bonds is 7. The summed E-state index contributed by atoms with van der Waals surface area (Å²) in [6.07, 6.45) is 0. The Hall–Kier alpha value is -3.69. The van der Waals surface area contributed by atoms with Crippen LogP contribution in [0, 0.1) is 6.92 Å². The van der Waals surface area contributed by atoms with Gasteiger partial charge in [0.25, 0.3) is 5.91 Å². The molecule has 2 amide bonds. The van der Waals surface area contributed by atoms with Gasteiger partial charge < -0.3 is 15.7 Å². The number of benzene rings is 3. The molecule has 4 rings (SSSR count). The van der Waals surface area contributed by atoms with Gasteiger partial charge in [0, 0.05) is 10.6 Å². The summed E-state index contributed by atoms with van der Waals surface area (Å²) in [4.78, 5) is 42.0. The number of carbonyl (C=O) groups is 3. The van der Waals surface area contributed by atoms with Crippen LogP contribution in [0.25, 0.3) is 10.2 Å². The molecular formula is C25H21N3O4S2. The van der Waals surface area contributed by atoms with Gasteiger partial charge in [-0.15, -0.1) is 11.8 Å². The summed E-state index contributed by atoms with van der Waals surface area (Å²) in [5.74, 6) is -1.86. The maximum atomic E-state index is 12.7. The molecule has 0 aliphatic heterocycles. The van der Waals surface area contributed by atoms with E-state index in [1.807, 2.05) is 31.2 Å². The van der Waals surface area contributed by atoms with Crippen LogP contribution in [0.5, 0.6) is 0 Å². The number of carboxylic acids is 1. The average Bonchev–Trinajstić information content (AvgIpc) is 3.20. The van der Waals surface area contributed by atoms with Gasteiger partial charge in [-0.1, -0.05) is 35.6 Å². The number of carbonyl (C=O) groups excluding carboxylic acids is 2. The third-order valence-corrected chi connectivity index (χ3v) is 6.98. The SMILES string of the molecule is Cc1ccc2nc(NC(=O)C(C)Sc3cccc(NC(=O)c4ccccc4C(=O)O)c3)sc2c1. The zero-order valence-corrected chi connectivity index (χ0v) is 20.0. The Morgan fingerprint density at radius 2 is 1.74 bits per heavy atom. The molecule has 3 aromatic carbocycles. The van der Waals surface area contributed by atoms with Crippen LogP contribution in [0.4, 0.5) is 10.8 Å². The Morgan fingerprint density at radius 1 is 0.971 bits per heavy atom. The number of thiazole rings is 1. The van der Waals surface area contributed by atoms with Gasteiger partial charge in [0.05, 0.1) is 26.6 Å². The molecule has 1 atom stereocenters.